The summed E-state index contributed by atoms with van der Waals surface area (Å²) in [6, 6.07) is 4.25. The molecule has 0 aromatic carbocycles. The first-order valence-corrected chi connectivity index (χ1v) is 7.09. The van der Waals surface area contributed by atoms with Crippen LogP contribution in [0, 0.1) is 5.92 Å². The van der Waals surface area contributed by atoms with Gasteiger partial charge in [-0.05, 0) is 55.2 Å². The summed E-state index contributed by atoms with van der Waals surface area (Å²) in [7, 11) is 0. The fourth-order valence-electron chi connectivity index (χ4n) is 2.54. The molecule has 2 heterocycles. The molecule has 0 bridgehead atoms. The zero-order valence-corrected chi connectivity index (χ0v) is 10.9. The lowest BCUT2D eigenvalue weighted by Gasteiger charge is -2.05. The standard InChI is InChI=1S/C15H18N4/c16-15-13(11-3-4-11)7-12(8-17-15)14-5-6-19(18-14)9-10-1-2-10/h5-8,10-11H,1-4,9H2,(H2,16,17). The van der Waals surface area contributed by atoms with Crippen molar-refractivity contribution in [1.82, 2.24) is 14.8 Å². The van der Waals surface area contributed by atoms with Gasteiger partial charge in [0.25, 0.3) is 0 Å². The lowest BCUT2D eigenvalue weighted by Crippen LogP contribution is -2.00. The predicted octanol–water partition coefficient (Wildman–Crippen LogP) is 2.81. The van der Waals surface area contributed by atoms with E-state index < -0.39 is 0 Å². The minimum absolute atomic E-state index is 0.626. The number of anilines is 1. The molecule has 0 atom stereocenters. The van der Waals surface area contributed by atoms with Crippen LogP contribution in [0.15, 0.2) is 24.5 Å². The molecule has 0 saturated heterocycles. The Labute approximate surface area is 112 Å². The van der Waals surface area contributed by atoms with E-state index in [9.17, 15) is 0 Å². The van der Waals surface area contributed by atoms with E-state index in [0.717, 1.165) is 23.7 Å². The van der Waals surface area contributed by atoms with Gasteiger partial charge in [-0.3, -0.25) is 4.68 Å². The van der Waals surface area contributed by atoms with Crippen molar-refractivity contribution < 1.29 is 0 Å². The van der Waals surface area contributed by atoms with E-state index in [1.54, 1.807) is 0 Å². The Kier molecular flexibility index (Phi) is 2.37. The molecule has 0 radical (unpaired) electrons. The van der Waals surface area contributed by atoms with Crippen LogP contribution in [0.5, 0.6) is 0 Å². The molecule has 2 aromatic rings. The number of rotatable bonds is 4. The summed E-state index contributed by atoms with van der Waals surface area (Å²) in [6.07, 6.45) is 9.09. The van der Waals surface area contributed by atoms with E-state index in [1.807, 2.05) is 6.20 Å². The van der Waals surface area contributed by atoms with Crippen molar-refractivity contribution >= 4 is 5.82 Å². The normalized spacial score (nSPS) is 18.7. The summed E-state index contributed by atoms with van der Waals surface area (Å²) in [4.78, 5) is 4.33. The molecule has 4 nitrogen and oxygen atoms in total. The van der Waals surface area contributed by atoms with Gasteiger partial charge in [0.15, 0.2) is 0 Å². The fourth-order valence-corrected chi connectivity index (χ4v) is 2.54. The van der Waals surface area contributed by atoms with Crippen LogP contribution in [-0.2, 0) is 6.54 Å². The monoisotopic (exact) mass is 254 g/mol. The molecular weight excluding hydrogens is 236 g/mol. The smallest absolute Gasteiger partial charge is 0.126 e. The van der Waals surface area contributed by atoms with Gasteiger partial charge >= 0.3 is 0 Å². The summed E-state index contributed by atoms with van der Waals surface area (Å²) in [5, 5.41) is 4.65. The van der Waals surface area contributed by atoms with E-state index in [-0.39, 0.29) is 0 Å². The van der Waals surface area contributed by atoms with E-state index in [0.29, 0.717) is 11.7 Å². The molecule has 2 N–H and O–H groups in total. The van der Waals surface area contributed by atoms with Gasteiger partial charge in [-0.1, -0.05) is 0 Å². The summed E-state index contributed by atoms with van der Waals surface area (Å²) < 4.78 is 2.06. The summed E-state index contributed by atoms with van der Waals surface area (Å²) >= 11 is 0. The molecule has 2 aliphatic rings. The first-order chi connectivity index (χ1) is 9.29. The van der Waals surface area contributed by atoms with Gasteiger partial charge < -0.3 is 5.73 Å². The Bertz CT molecular complexity index is 608. The molecule has 4 heteroatoms. The number of nitrogen functional groups attached to an aromatic ring is 1. The van der Waals surface area contributed by atoms with E-state index >= 15 is 0 Å². The molecule has 2 fully saturated rings. The average molecular weight is 254 g/mol. The summed E-state index contributed by atoms with van der Waals surface area (Å²) in [5.41, 5.74) is 9.25. The van der Waals surface area contributed by atoms with E-state index in [2.05, 4.69) is 33.1 Å². The number of nitrogens with two attached hydrogens (primary N) is 1. The van der Waals surface area contributed by atoms with Crippen LogP contribution in [0.2, 0.25) is 0 Å². The lowest BCUT2D eigenvalue weighted by molar-refractivity contribution is 0.564. The molecule has 19 heavy (non-hydrogen) atoms. The first-order valence-electron chi connectivity index (χ1n) is 7.09. The van der Waals surface area contributed by atoms with Crippen molar-refractivity contribution in [3.8, 4) is 11.3 Å². The number of nitrogens with zero attached hydrogens (tertiary/aromatic N) is 3. The molecule has 0 unspecified atom stereocenters. The van der Waals surface area contributed by atoms with Gasteiger partial charge in [0.2, 0.25) is 0 Å². The maximum atomic E-state index is 5.95. The van der Waals surface area contributed by atoms with Gasteiger partial charge in [0, 0.05) is 24.5 Å². The molecule has 4 rings (SSSR count). The van der Waals surface area contributed by atoms with Gasteiger partial charge in [-0.25, -0.2) is 4.98 Å². The maximum absolute atomic E-state index is 5.95. The minimum Gasteiger partial charge on any atom is -0.383 e. The topological polar surface area (TPSA) is 56.7 Å². The second-order valence-electron chi connectivity index (χ2n) is 5.84. The molecule has 2 aliphatic carbocycles. The molecular formula is C15H18N4. The van der Waals surface area contributed by atoms with Crippen molar-refractivity contribution in [3.05, 3.63) is 30.1 Å². The summed E-state index contributed by atoms with van der Waals surface area (Å²) in [5.74, 6) is 2.16. The third-order valence-electron chi connectivity index (χ3n) is 4.05. The van der Waals surface area contributed by atoms with Crippen molar-refractivity contribution in [2.45, 2.75) is 38.1 Å². The predicted molar refractivity (Wildman–Crippen MR) is 74.6 cm³/mol. The van der Waals surface area contributed by atoms with Crippen LogP contribution in [0.25, 0.3) is 11.3 Å². The van der Waals surface area contributed by atoms with Crippen molar-refractivity contribution in [3.63, 3.8) is 0 Å². The Hall–Kier alpha value is -1.84. The van der Waals surface area contributed by atoms with Crippen LogP contribution >= 0.6 is 0 Å². The highest BCUT2D eigenvalue weighted by atomic mass is 15.3. The zero-order valence-electron chi connectivity index (χ0n) is 10.9. The van der Waals surface area contributed by atoms with Crippen LogP contribution in [0.4, 0.5) is 5.82 Å². The van der Waals surface area contributed by atoms with Crippen molar-refractivity contribution in [2.75, 3.05) is 5.73 Å². The largest absolute Gasteiger partial charge is 0.383 e. The van der Waals surface area contributed by atoms with Crippen LogP contribution in [0.1, 0.15) is 37.2 Å². The van der Waals surface area contributed by atoms with Crippen LogP contribution in [0.3, 0.4) is 0 Å². The third kappa shape index (κ3) is 2.23. The number of hydrogen-bond acceptors (Lipinski definition) is 3. The van der Waals surface area contributed by atoms with Gasteiger partial charge in [-0.2, -0.15) is 5.10 Å². The quantitative estimate of drug-likeness (QED) is 0.912. The molecule has 2 saturated carbocycles. The SMILES string of the molecule is Nc1ncc(-c2ccn(CC3CC3)n2)cc1C1CC1. The maximum Gasteiger partial charge on any atom is 0.126 e. The molecule has 0 amide bonds. The van der Waals surface area contributed by atoms with Crippen molar-refractivity contribution in [1.29, 1.82) is 0 Å². The highest BCUT2D eigenvalue weighted by molar-refractivity contribution is 5.62. The number of aromatic nitrogens is 3. The molecule has 0 spiro atoms. The summed E-state index contributed by atoms with van der Waals surface area (Å²) in [6.45, 7) is 1.05. The highest BCUT2D eigenvalue weighted by Gasteiger charge is 2.27. The average Bonchev–Trinajstić information content (AvgIpc) is 3.30. The molecule has 2 aromatic heterocycles. The molecule has 98 valence electrons. The Morgan fingerprint density at radius 3 is 2.84 bits per heavy atom. The van der Waals surface area contributed by atoms with Gasteiger partial charge in [0.1, 0.15) is 5.82 Å². The zero-order chi connectivity index (χ0) is 12.8. The Morgan fingerprint density at radius 2 is 2.11 bits per heavy atom. The second-order valence-corrected chi connectivity index (χ2v) is 5.84. The first kappa shape index (κ1) is 11.0. The van der Waals surface area contributed by atoms with E-state index in [4.69, 9.17) is 5.73 Å². The van der Waals surface area contributed by atoms with Crippen LogP contribution < -0.4 is 5.73 Å². The van der Waals surface area contributed by atoms with Gasteiger partial charge in [0.05, 0.1) is 5.69 Å². The lowest BCUT2D eigenvalue weighted by atomic mass is 10.1. The van der Waals surface area contributed by atoms with Crippen LogP contribution in [-0.4, -0.2) is 14.8 Å². The second kappa shape index (κ2) is 4.08. The minimum atomic E-state index is 0.626. The number of pyridine rings is 1. The van der Waals surface area contributed by atoms with Crippen molar-refractivity contribution in [2.24, 2.45) is 5.92 Å². The van der Waals surface area contributed by atoms with E-state index in [1.165, 1.54) is 31.2 Å². The Balaban J connectivity index is 1.63. The number of hydrogen-bond donors (Lipinski definition) is 1. The Morgan fingerprint density at radius 1 is 1.26 bits per heavy atom. The fraction of sp³-hybridized carbons (Fsp3) is 0.467. The highest BCUT2D eigenvalue weighted by Crippen LogP contribution is 2.43. The van der Waals surface area contributed by atoms with Gasteiger partial charge in [-0.15, -0.1) is 0 Å². The molecule has 0 aliphatic heterocycles. The third-order valence-corrected chi connectivity index (χ3v) is 4.05.